The largest absolute Gasteiger partial charge is 0.351 e. The molecule has 24 heavy (non-hydrogen) atoms. The van der Waals surface area contributed by atoms with Gasteiger partial charge in [0.1, 0.15) is 0 Å². The number of carbonyl (C=O) groups excluding carboxylic acids is 3. The van der Waals surface area contributed by atoms with Crippen LogP contribution in [-0.4, -0.2) is 29.0 Å². The Hall–Kier alpha value is -2.70. The number of nitrogens with one attached hydrogen (secondary N) is 3. The monoisotopic (exact) mass is 332 g/mol. The molecule has 0 spiro atoms. The van der Waals surface area contributed by atoms with Gasteiger partial charge in [0.2, 0.25) is 5.91 Å². The van der Waals surface area contributed by atoms with Crippen LogP contribution in [0.1, 0.15) is 39.7 Å². The van der Waals surface area contributed by atoms with Crippen LogP contribution in [0.2, 0.25) is 0 Å². The van der Waals surface area contributed by atoms with Gasteiger partial charge in [-0.1, -0.05) is 12.1 Å². The van der Waals surface area contributed by atoms with E-state index in [1.807, 2.05) is 33.8 Å². The fourth-order valence-electron chi connectivity index (χ4n) is 1.84. The van der Waals surface area contributed by atoms with Crippen molar-refractivity contribution in [3.8, 4) is 0 Å². The first-order valence-corrected chi connectivity index (χ1v) is 7.59. The molecule has 0 saturated carbocycles. The highest BCUT2D eigenvalue weighted by Crippen LogP contribution is 2.09. The average molecular weight is 332 g/mol. The van der Waals surface area contributed by atoms with Gasteiger partial charge < -0.3 is 10.6 Å². The Bertz CT molecular complexity index is 660. The third kappa shape index (κ3) is 7.53. The van der Waals surface area contributed by atoms with Crippen LogP contribution < -0.4 is 16.1 Å². The number of aryl methyl sites for hydroxylation is 1. The molecule has 7 heteroatoms. The van der Waals surface area contributed by atoms with E-state index in [9.17, 15) is 14.4 Å². The van der Waals surface area contributed by atoms with Crippen molar-refractivity contribution in [1.82, 2.24) is 10.7 Å². The standard InChI is InChI=1S/C17H24N4O3/c1-11-7-6-8-13(9-11)18-15(23)16(24)21-20-12(2)10-14(22)19-17(3,4)5/h6-9H,10H2,1-5H3,(H,18,23)(H,19,22)(H,21,24)/b20-12+. The van der Waals surface area contributed by atoms with E-state index in [1.165, 1.54) is 0 Å². The molecular formula is C17H24N4O3. The molecular weight excluding hydrogens is 308 g/mol. The van der Waals surface area contributed by atoms with Gasteiger partial charge in [0, 0.05) is 16.9 Å². The van der Waals surface area contributed by atoms with Gasteiger partial charge in [-0.2, -0.15) is 5.10 Å². The van der Waals surface area contributed by atoms with E-state index in [4.69, 9.17) is 0 Å². The van der Waals surface area contributed by atoms with Crippen molar-refractivity contribution in [2.24, 2.45) is 5.10 Å². The zero-order valence-electron chi connectivity index (χ0n) is 14.7. The summed E-state index contributed by atoms with van der Waals surface area (Å²) in [6.07, 6.45) is 0.0387. The van der Waals surface area contributed by atoms with E-state index in [0.717, 1.165) is 5.56 Å². The van der Waals surface area contributed by atoms with Crippen molar-refractivity contribution >= 4 is 29.1 Å². The topological polar surface area (TPSA) is 99.7 Å². The first-order chi connectivity index (χ1) is 11.1. The molecule has 0 aromatic heterocycles. The first kappa shape index (κ1) is 19.3. The maximum Gasteiger partial charge on any atom is 0.329 e. The number of rotatable bonds is 4. The molecule has 0 aliphatic carbocycles. The molecule has 0 fully saturated rings. The second kappa shape index (κ2) is 8.24. The molecule has 7 nitrogen and oxygen atoms in total. The predicted octanol–water partition coefficient (Wildman–Crippen LogP) is 1.73. The highest BCUT2D eigenvalue weighted by molar-refractivity contribution is 6.39. The summed E-state index contributed by atoms with van der Waals surface area (Å²) in [5, 5.41) is 9.03. The lowest BCUT2D eigenvalue weighted by Crippen LogP contribution is -2.41. The Morgan fingerprint density at radius 2 is 1.79 bits per heavy atom. The summed E-state index contributed by atoms with van der Waals surface area (Å²) in [6, 6.07) is 7.09. The second-order valence-corrected chi connectivity index (χ2v) is 6.59. The average Bonchev–Trinajstić information content (AvgIpc) is 2.42. The molecule has 130 valence electrons. The number of hydrogen-bond acceptors (Lipinski definition) is 4. The zero-order chi connectivity index (χ0) is 18.3. The number of nitrogens with zero attached hydrogens (tertiary/aromatic N) is 1. The van der Waals surface area contributed by atoms with E-state index in [2.05, 4.69) is 21.2 Å². The van der Waals surface area contributed by atoms with Gasteiger partial charge in [-0.15, -0.1) is 0 Å². The maximum atomic E-state index is 11.8. The van der Waals surface area contributed by atoms with Crippen LogP contribution in [0.5, 0.6) is 0 Å². The van der Waals surface area contributed by atoms with Gasteiger partial charge in [-0.25, -0.2) is 5.43 Å². The minimum Gasteiger partial charge on any atom is -0.351 e. The lowest BCUT2D eigenvalue weighted by atomic mass is 10.1. The van der Waals surface area contributed by atoms with Gasteiger partial charge in [0.15, 0.2) is 0 Å². The fourth-order valence-corrected chi connectivity index (χ4v) is 1.84. The van der Waals surface area contributed by atoms with Crippen molar-refractivity contribution in [3.05, 3.63) is 29.8 Å². The van der Waals surface area contributed by atoms with Crippen LogP contribution in [-0.2, 0) is 14.4 Å². The Kier molecular flexibility index (Phi) is 6.64. The van der Waals surface area contributed by atoms with E-state index in [-0.39, 0.29) is 17.9 Å². The van der Waals surface area contributed by atoms with Gasteiger partial charge in [-0.3, -0.25) is 14.4 Å². The summed E-state index contributed by atoms with van der Waals surface area (Å²) in [5.41, 5.74) is 3.69. The smallest absolute Gasteiger partial charge is 0.329 e. The van der Waals surface area contributed by atoms with Crippen molar-refractivity contribution in [2.75, 3.05) is 5.32 Å². The van der Waals surface area contributed by atoms with Crippen molar-refractivity contribution in [3.63, 3.8) is 0 Å². The van der Waals surface area contributed by atoms with E-state index in [1.54, 1.807) is 25.1 Å². The van der Waals surface area contributed by atoms with Gasteiger partial charge in [0.05, 0.1) is 6.42 Å². The highest BCUT2D eigenvalue weighted by atomic mass is 16.2. The second-order valence-electron chi connectivity index (χ2n) is 6.59. The summed E-state index contributed by atoms with van der Waals surface area (Å²) in [6.45, 7) is 9.09. The Morgan fingerprint density at radius 3 is 2.38 bits per heavy atom. The molecule has 1 rings (SSSR count). The van der Waals surface area contributed by atoms with Crippen LogP contribution in [0.25, 0.3) is 0 Å². The van der Waals surface area contributed by atoms with Crippen molar-refractivity contribution < 1.29 is 14.4 Å². The van der Waals surface area contributed by atoms with Crippen LogP contribution in [0.15, 0.2) is 29.4 Å². The molecule has 0 aliphatic heterocycles. The fraction of sp³-hybridized carbons (Fsp3) is 0.412. The van der Waals surface area contributed by atoms with E-state index < -0.39 is 11.8 Å². The van der Waals surface area contributed by atoms with Crippen LogP contribution in [0.4, 0.5) is 5.69 Å². The van der Waals surface area contributed by atoms with Gasteiger partial charge >= 0.3 is 11.8 Å². The lowest BCUT2D eigenvalue weighted by molar-refractivity contribution is -0.136. The summed E-state index contributed by atoms with van der Waals surface area (Å²) in [4.78, 5) is 35.2. The van der Waals surface area contributed by atoms with Crippen LogP contribution in [0, 0.1) is 6.92 Å². The number of anilines is 1. The van der Waals surface area contributed by atoms with Crippen LogP contribution >= 0.6 is 0 Å². The minimum absolute atomic E-state index is 0.0387. The lowest BCUT2D eigenvalue weighted by Gasteiger charge is -2.20. The van der Waals surface area contributed by atoms with Crippen molar-refractivity contribution in [1.29, 1.82) is 0 Å². The number of carbonyl (C=O) groups is 3. The summed E-state index contributed by atoms with van der Waals surface area (Å²) >= 11 is 0. The van der Waals surface area contributed by atoms with Crippen LogP contribution in [0.3, 0.4) is 0 Å². The Morgan fingerprint density at radius 1 is 1.12 bits per heavy atom. The van der Waals surface area contributed by atoms with E-state index >= 15 is 0 Å². The van der Waals surface area contributed by atoms with Crippen molar-refractivity contribution in [2.45, 2.75) is 46.6 Å². The molecule has 0 aliphatic rings. The molecule has 0 bridgehead atoms. The Labute approximate surface area is 141 Å². The summed E-state index contributed by atoms with van der Waals surface area (Å²) < 4.78 is 0. The first-order valence-electron chi connectivity index (χ1n) is 7.59. The molecule has 0 atom stereocenters. The highest BCUT2D eigenvalue weighted by Gasteiger charge is 2.16. The third-order valence-electron chi connectivity index (χ3n) is 2.76. The molecule has 0 saturated heterocycles. The normalized spacial score (nSPS) is 11.6. The van der Waals surface area contributed by atoms with Gasteiger partial charge in [0.25, 0.3) is 0 Å². The van der Waals surface area contributed by atoms with Gasteiger partial charge in [-0.05, 0) is 52.3 Å². The molecule has 1 aromatic rings. The number of hydrogen-bond donors (Lipinski definition) is 3. The number of amides is 3. The minimum atomic E-state index is -0.896. The number of benzene rings is 1. The molecule has 1 aromatic carbocycles. The summed E-state index contributed by atoms with van der Waals surface area (Å²) in [5.74, 6) is -1.93. The predicted molar refractivity (Wildman–Crippen MR) is 93.6 cm³/mol. The summed E-state index contributed by atoms with van der Waals surface area (Å²) in [7, 11) is 0. The molecule has 0 radical (unpaired) electrons. The quantitative estimate of drug-likeness (QED) is 0.445. The zero-order valence-corrected chi connectivity index (χ0v) is 14.7. The molecule has 3 N–H and O–H groups in total. The number of hydrazone groups is 1. The third-order valence-corrected chi connectivity index (χ3v) is 2.76. The Balaban J connectivity index is 2.51. The maximum absolute atomic E-state index is 11.8. The SMILES string of the molecule is C/C(CC(=O)NC(C)(C)C)=N\NC(=O)C(=O)Nc1cccc(C)c1. The molecule has 3 amide bonds. The van der Waals surface area contributed by atoms with E-state index in [0.29, 0.717) is 11.4 Å². The molecule has 0 unspecified atom stereocenters. The molecule has 0 heterocycles.